The Balaban J connectivity index is 3.92. The molecule has 0 amide bonds. The normalized spacial score (nSPS) is 16.5. The molecular weight excluding hydrogens is 200 g/mol. The molecule has 3 heteroatoms. The molecule has 98 valence electrons. The van der Waals surface area contributed by atoms with Crippen LogP contribution in [0.25, 0.3) is 0 Å². The highest BCUT2D eigenvalue weighted by Crippen LogP contribution is 2.10. The van der Waals surface area contributed by atoms with Crippen molar-refractivity contribution in [1.29, 1.82) is 0 Å². The Labute approximate surface area is 102 Å². The SMILES string of the molecule is COCCN(C)C(C)C(C)CNC(C)(C)C. The van der Waals surface area contributed by atoms with Gasteiger partial charge in [0.1, 0.15) is 0 Å². The lowest BCUT2D eigenvalue weighted by Gasteiger charge is -2.32. The maximum Gasteiger partial charge on any atom is 0.0589 e. The number of ether oxygens (including phenoxy) is 1. The molecule has 0 aliphatic rings. The molecule has 0 rings (SSSR count). The molecule has 1 N–H and O–H groups in total. The van der Waals surface area contributed by atoms with Crippen LogP contribution in [0.5, 0.6) is 0 Å². The van der Waals surface area contributed by atoms with Crippen LogP contribution in [-0.4, -0.2) is 50.3 Å². The van der Waals surface area contributed by atoms with Crippen molar-refractivity contribution in [1.82, 2.24) is 10.2 Å². The molecule has 0 fully saturated rings. The number of hydrogen-bond acceptors (Lipinski definition) is 3. The van der Waals surface area contributed by atoms with E-state index in [1.54, 1.807) is 7.11 Å². The number of rotatable bonds is 7. The smallest absolute Gasteiger partial charge is 0.0589 e. The summed E-state index contributed by atoms with van der Waals surface area (Å²) in [5.74, 6) is 0.640. The molecule has 3 nitrogen and oxygen atoms in total. The van der Waals surface area contributed by atoms with Crippen LogP contribution >= 0.6 is 0 Å². The van der Waals surface area contributed by atoms with Gasteiger partial charge in [0, 0.05) is 25.2 Å². The van der Waals surface area contributed by atoms with Gasteiger partial charge in [-0.15, -0.1) is 0 Å². The highest BCUT2D eigenvalue weighted by Gasteiger charge is 2.18. The molecule has 0 saturated heterocycles. The van der Waals surface area contributed by atoms with Gasteiger partial charge in [0.05, 0.1) is 6.61 Å². The van der Waals surface area contributed by atoms with Crippen LogP contribution in [0, 0.1) is 5.92 Å². The van der Waals surface area contributed by atoms with Gasteiger partial charge in [-0.2, -0.15) is 0 Å². The molecule has 2 unspecified atom stereocenters. The zero-order chi connectivity index (χ0) is 12.8. The number of nitrogens with zero attached hydrogens (tertiary/aromatic N) is 1. The fourth-order valence-electron chi connectivity index (χ4n) is 1.51. The first-order chi connectivity index (χ1) is 7.28. The summed E-state index contributed by atoms with van der Waals surface area (Å²) in [6.45, 7) is 14.1. The van der Waals surface area contributed by atoms with Crippen LogP contribution in [0.2, 0.25) is 0 Å². The van der Waals surface area contributed by atoms with Crippen molar-refractivity contribution in [2.24, 2.45) is 5.92 Å². The van der Waals surface area contributed by atoms with Crippen LogP contribution in [0.3, 0.4) is 0 Å². The van der Waals surface area contributed by atoms with Gasteiger partial charge >= 0.3 is 0 Å². The second-order valence-corrected chi connectivity index (χ2v) is 5.82. The van der Waals surface area contributed by atoms with Crippen molar-refractivity contribution >= 4 is 0 Å². The van der Waals surface area contributed by atoms with Crippen molar-refractivity contribution in [2.45, 2.75) is 46.2 Å². The Kier molecular flexibility index (Phi) is 7.20. The second-order valence-electron chi connectivity index (χ2n) is 5.82. The highest BCUT2D eigenvalue weighted by molar-refractivity contribution is 4.77. The topological polar surface area (TPSA) is 24.5 Å². The Morgan fingerprint density at radius 3 is 2.25 bits per heavy atom. The maximum atomic E-state index is 5.10. The first-order valence-electron chi connectivity index (χ1n) is 6.22. The number of likely N-dealkylation sites (N-methyl/N-ethyl adjacent to an activating group) is 1. The summed E-state index contributed by atoms with van der Waals surface area (Å²) in [6, 6.07) is 0.574. The molecule has 0 aliphatic heterocycles. The van der Waals surface area contributed by atoms with Crippen LogP contribution in [0.4, 0.5) is 0 Å². The summed E-state index contributed by atoms with van der Waals surface area (Å²) >= 11 is 0. The van der Waals surface area contributed by atoms with Gasteiger partial charge in [-0.05, 0) is 47.2 Å². The van der Waals surface area contributed by atoms with Gasteiger partial charge < -0.3 is 15.0 Å². The van der Waals surface area contributed by atoms with Gasteiger partial charge in [-0.25, -0.2) is 0 Å². The van der Waals surface area contributed by atoms with Crippen LogP contribution in [0.15, 0.2) is 0 Å². The van der Waals surface area contributed by atoms with Crippen LogP contribution < -0.4 is 5.32 Å². The molecule has 0 aromatic carbocycles. The first-order valence-corrected chi connectivity index (χ1v) is 6.22. The van der Waals surface area contributed by atoms with E-state index in [-0.39, 0.29) is 5.54 Å². The molecule has 2 atom stereocenters. The first kappa shape index (κ1) is 15.9. The molecule has 0 spiro atoms. The van der Waals surface area contributed by atoms with E-state index < -0.39 is 0 Å². The minimum atomic E-state index is 0.207. The van der Waals surface area contributed by atoms with E-state index in [0.717, 1.165) is 19.7 Å². The monoisotopic (exact) mass is 230 g/mol. The third-order valence-corrected chi connectivity index (χ3v) is 3.12. The van der Waals surface area contributed by atoms with Crippen molar-refractivity contribution < 1.29 is 4.74 Å². The summed E-state index contributed by atoms with van der Waals surface area (Å²) in [6.07, 6.45) is 0. The minimum absolute atomic E-state index is 0.207. The molecule has 0 heterocycles. The lowest BCUT2D eigenvalue weighted by atomic mass is 10.0. The minimum Gasteiger partial charge on any atom is -0.383 e. The van der Waals surface area contributed by atoms with Crippen LogP contribution in [-0.2, 0) is 4.74 Å². The molecule has 0 bridgehead atoms. The third-order valence-electron chi connectivity index (χ3n) is 3.12. The highest BCUT2D eigenvalue weighted by atomic mass is 16.5. The molecular formula is C13H30N2O. The zero-order valence-corrected chi connectivity index (χ0v) is 12.1. The van der Waals surface area contributed by atoms with E-state index in [1.807, 2.05) is 0 Å². The molecule has 16 heavy (non-hydrogen) atoms. The van der Waals surface area contributed by atoms with Crippen molar-refractivity contribution in [3.05, 3.63) is 0 Å². The maximum absolute atomic E-state index is 5.10. The molecule has 0 radical (unpaired) electrons. The van der Waals surface area contributed by atoms with E-state index in [9.17, 15) is 0 Å². The Hall–Kier alpha value is -0.120. The molecule has 0 saturated carbocycles. The zero-order valence-electron chi connectivity index (χ0n) is 12.1. The summed E-state index contributed by atoms with van der Waals surface area (Å²) < 4.78 is 5.10. The third kappa shape index (κ3) is 7.20. The molecule has 0 aromatic heterocycles. The lowest BCUT2D eigenvalue weighted by molar-refractivity contribution is 0.122. The average Bonchev–Trinajstić information content (AvgIpc) is 2.20. The second kappa shape index (κ2) is 7.25. The van der Waals surface area contributed by atoms with Gasteiger partial charge in [0.15, 0.2) is 0 Å². The predicted molar refractivity (Wildman–Crippen MR) is 70.9 cm³/mol. The van der Waals surface area contributed by atoms with E-state index in [2.05, 4.69) is 51.9 Å². The van der Waals surface area contributed by atoms with Crippen molar-refractivity contribution in [2.75, 3.05) is 33.9 Å². The quantitative estimate of drug-likeness (QED) is 0.724. The largest absolute Gasteiger partial charge is 0.383 e. The van der Waals surface area contributed by atoms with E-state index in [1.165, 1.54) is 0 Å². The summed E-state index contributed by atoms with van der Waals surface area (Å²) in [4.78, 5) is 2.36. The van der Waals surface area contributed by atoms with Gasteiger partial charge in [-0.1, -0.05) is 6.92 Å². The van der Waals surface area contributed by atoms with Gasteiger partial charge in [-0.3, -0.25) is 0 Å². The summed E-state index contributed by atoms with van der Waals surface area (Å²) in [5, 5.41) is 3.56. The standard InChI is InChI=1S/C13H30N2O/c1-11(10-14-13(3,4)5)12(2)15(6)8-9-16-7/h11-12,14H,8-10H2,1-7H3. The van der Waals surface area contributed by atoms with E-state index >= 15 is 0 Å². The number of hydrogen-bond donors (Lipinski definition) is 1. The lowest BCUT2D eigenvalue weighted by Crippen LogP contribution is -2.45. The Bertz CT molecular complexity index is 177. The van der Waals surface area contributed by atoms with Crippen molar-refractivity contribution in [3.63, 3.8) is 0 Å². The fraction of sp³-hybridized carbons (Fsp3) is 1.00. The fourth-order valence-corrected chi connectivity index (χ4v) is 1.51. The molecule has 0 aromatic rings. The van der Waals surface area contributed by atoms with E-state index in [0.29, 0.717) is 12.0 Å². The van der Waals surface area contributed by atoms with Gasteiger partial charge in [0.25, 0.3) is 0 Å². The predicted octanol–water partition coefficient (Wildman–Crippen LogP) is 1.98. The molecule has 0 aliphatic carbocycles. The Morgan fingerprint density at radius 1 is 1.25 bits per heavy atom. The van der Waals surface area contributed by atoms with Crippen molar-refractivity contribution in [3.8, 4) is 0 Å². The Morgan fingerprint density at radius 2 is 1.81 bits per heavy atom. The summed E-state index contributed by atoms with van der Waals surface area (Å²) in [7, 11) is 3.92. The van der Waals surface area contributed by atoms with Gasteiger partial charge in [0.2, 0.25) is 0 Å². The van der Waals surface area contributed by atoms with Crippen LogP contribution in [0.1, 0.15) is 34.6 Å². The number of methoxy groups -OCH3 is 1. The summed E-state index contributed by atoms with van der Waals surface area (Å²) in [5.41, 5.74) is 0.207. The average molecular weight is 230 g/mol. The number of nitrogens with one attached hydrogen (secondary N) is 1. The van der Waals surface area contributed by atoms with E-state index in [4.69, 9.17) is 4.74 Å².